The van der Waals surface area contributed by atoms with Gasteiger partial charge in [0, 0.05) is 35.3 Å². The van der Waals surface area contributed by atoms with E-state index >= 15 is 0 Å². The highest BCUT2D eigenvalue weighted by atomic mass is 32.2. The van der Waals surface area contributed by atoms with Gasteiger partial charge in [0.2, 0.25) is 5.91 Å². The second-order valence-electron chi connectivity index (χ2n) is 8.69. The van der Waals surface area contributed by atoms with Gasteiger partial charge in [0.25, 0.3) is 0 Å². The van der Waals surface area contributed by atoms with Crippen LogP contribution in [-0.4, -0.2) is 52.9 Å². The fourth-order valence-corrected chi connectivity index (χ4v) is 5.52. The number of nitrogens with one attached hydrogen (secondary N) is 1. The minimum atomic E-state index is -0.817. The van der Waals surface area contributed by atoms with Crippen LogP contribution in [0.4, 0.5) is 14.9 Å². The number of hydrogen-bond donors (Lipinski definition) is 1. The first kappa shape index (κ1) is 25.6. The molecule has 0 bridgehead atoms. The van der Waals surface area contributed by atoms with Crippen molar-refractivity contribution in [3.63, 3.8) is 0 Å². The van der Waals surface area contributed by atoms with Gasteiger partial charge in [-0.1, -0.05) is 18.2 Å². The zero-order valence-corrected chi connectivity index (χ0v) is 20.6. The molecule has 0 radical (unpaired) electrons. The van der Waals surface area contributed by atoms with Crippen LogP contribution in [0.25, 0.3) is 6.08 Å². The maximum absolute atomic E-state index is 14.8. The SMILES string of the molecule is CC(=O)Oc1ccc(/C=C/C(=O)NC[C@H]2CN(c3ccc(C4CCS(=O)CC4)c(F)c3)C(=O)O2)cc1. The Morgan fingerprint density at radius 1 is 1.19 bits per heavy atom. The van der Waals surface area contributed by atoms with Crippen LogP contribution in [0.1, 0.15) is 36.8 Å². The molecule has 2 aliphatic heterocycles. The molecule has 2 fully saturated rings. The molecule has 2 amide bonds. The number of carbonyl (C=O) groups excluding carboxylic acids is 3. The number of esters is 1. The topological polar surface area (TPSA) is 102 Å². The molecule has 0 unspecified atom stereocenters. The molecule has 0 saturated carbocycles. The maximum Gasteiger partial charge on any atom is 0.414 e. The molecule has 10 heteroatoms. The second kappa shape index (κ2) is 11.5. The highest BCUT2D eigenvalue weighted by Crippen LogP contribution is 2.32. The average Bonchev–Trinajstić information content (AvgIpc) is 3.23. The van der Waals surface area contributed by atoms with E-state index in [1.165, 1.54) is 24.0 Å². The second-order valence-corrected chi connectivity index (χ2v) is 10.4. The first-order valence-electron chi connectivity index (χ1n) is 11.7. The number of nitrogens with zero attached hydrogens (tertiary/aromatic N) is 1. The number of halogens is 1. The zero-order chi connectivity index (χ0) is 25.7. The van der Waals surface area contributed by atoms with Gasteiger partial charge in [-0.05, 0) is 60.2 Å². The lowest BCUT2D eigenvalue weighted by Crippen LogP contribution is -2.33. The zero-order valence-electron chi connectivity index (χ0n) is 19.8. The number of hydrogen-bond acceptors (Lipinski definition) is 6. The fourth-order valence-electron chi connectivity index (χ4n) is 4.22. The summed E-state index contributed by atoms with van der Waals surface area (Å²) < 4.78 is 36.7. The Kier molecular flexibility index (Phi) is 8.14. The molecule has 4 rings (SSSR count). The van der Waals surface area contributed by atoms with Gasteiger partial charge in [0.1, 0.15) is 17.7 Å². The van der Waals surface area contributed by atoms with Crippen molar-refractivity contribution in [2.24, 2.45) is 0 Å². The summed E-state index contributed by atoms with van der Waals surface area (Å²) in [5.41, 5.74) is 1.72. The molecular formula is C26H27FN2O6S. The van der Waals surface area contributed by atoms with E-state index in [0.717, 1.165) is 5.56 Å². The largest absolute Gasteiger partial charge is 0.442 e. The summed E-state index contributed by atoms with van der Waals surface area (Å²) in [5.74, 6) is 0.441. The Hall–Kier alpha value is -3.53. The number of anilines is 1. The van der Waals surface area contributed by atoms with Gasteiger partial charge in [-0.15, -0.1) is 0 Å². The summed E-state index contributed by atoms with van der Waals surface area (Å²) in [7, 11) is -0.817. The van der Waals surface area contributed by atoms with E-state index in [1.54, 1.807) is 42.5 Å². The van der Waals surface area contributed by atoms with Crippen molar-refractivity contribution in [1.82, 2.24) is 5.32 Å². The van der Waals surface area contributed by atoms with E-state index in [4.69, 9.17) is 9.47 Å². The highest BCUT2D eigenvalue weighted by molar-refractivity contribution is 7.85. The van der Waals surface area contributed by atoms with Crippen molar-refractivity contribution in [3.05, 3.63) is 65.5 Å². The lowest BCUT2D eigenvalue weighted by atomic mass is 9.93. The number of carbonyl (C=O) groups is 3. The molecule has 8 nitrogen and oxygen atoms in total. The van der Waals surface area contributed by atoms with Gasteiger partial charge in [0.05, 0.1) is 18.8 Å². The van der Waals surface area contributed by atoms with E-state index in [0.29, 0.717) is 41.3 Å². The summed E-state index contributed by atoms with van der Waals surface area (Å²) >= 11 is 0. The van der Waals surface area contributed by atoms with E-state index in [-0.39, 0.29) is 30.7 Å². The number of ether oxygens (including phenoxy) is 2. The Morgan fingerprint density at radius 2 is 1.92 bits per heavy atom. The number of amides is 2. The fraction of sp³-hybridized carbons (Fsp3) is 0.346. The van der Waals surface area contributed by atoms with Crippen LogP contribution in [0.15, 0.2) is 48.5 Å². The summed E-state index contributed by atoms with van der Waals surface area (Å²) in [5, 5.41) is 2.69. The van der Waals surface area contributed by atoms with E-state index in [9.17, 15) is 23.0 Å². The summed E-state index contributed by atoms with van der Waals surface area (Å²) in [6, 6.07) is 11.4. The number of rotatable bonds is 7. The quantitative estimate of drug-likeness (QED) is 0.345. The van der Waals surface area contributed by atoms with Crippen LogP contribution in [-0.2, 0) is 25.1 Å². The van der Waals surface area contributed by atoms with Crippen LogP contribution in [0, 0.1) is 5.82 Å². The van der Waals surface area contributed by atoms with Crippen molar-refractivity contribution >= 4 is 40.5 Å². The Labute approximate surface area is 210 Å². The number of benzene rings is 2. The first-order valence-corrected chi connectivity index (χ1v) is 13.1. The van der Waals surface area contributed by atoms with Gasteiger partial charge in [-0.3, -0.25) is 18.7 Å². The molecule has 1 N–H and O–H groups in total. The Bertz CT molecular complexity index is 1190. The minimum absolute atomic E-state index is 0.0325. The van der Waals surface area contributed by atoms with Crippen LogP contribution in [0.5, 0.6) is 5.75 Å². The van der Waals surface area contributed by atoms with Gasteiger partial charge < -0.3 is 14.8 Å². The van der Waals surface area contributed by atoms with Crippen LogP contribution in [0.3, 0.4) is 0 Å². The Balaban J connectivity index is 1.28. The molecule has 36 heavy (non-hydrogen) atoms. The van der Waals surface area contributed by atoms with Crippen molar-refractivity contribution in [1.29, 1.82) is 0 Å². The molecule has 0 aliphatic carbocycles. The molecule has 2 aliphatic rings. The molecule has 190 valence electrons. The van der Waals surface area contributed by atoms with Crippen molar-refractivity contribution in [2.75, 3.05) is 29.5 Å². The minimum Gasteiger partial charge on any atom is -0.442 e. The van der Waals surface area contributed by atoms with Crippen LogP contribution < -0.4 is 15.0 Å². The van der Waals surface area contributed by atoms with E-state index in [2.05, 4.69) is 5.32 Å². The molecule has 0 aromatic heterocycles. The van der Waals surface area contributed by atoms with Gasteiger partial charge in [-0.25, -0.2) is 9.18 Å². The number of cyclic esters (lactones) is 1. The van der Waals surface area contributed by atoms with E-state index in [1.807, 2.05) is 0 Å². The third-order valence-electron chi connectivity index (χ3n) is 6.07. The van der Waals surface area contributed by atoms with Gasteiger partial charge in [-0.2, -0.15) is 0 Å². The third kappa shape index (κ3) is 6.57. The lowest BCUT2D eigenvalue weighted by molar-refractivity contribution is -0.131. The molecular weight excluding hydrogens is 487 g/mol. The predicted octanol–water partition coefficient (Wildman–Crippen LogP) is 3.53. The smallest absolute Gasteiger partial charge is 0.414 e. The molecule has 2 saturated heterocycles. The normalized spacial score (nSPS) is 21.9. The highest BCUT2D eigenvalue weighted by Gasteiger charge is 2.33. The first-order chi connectivity index (χ1) is 17.3. The molecule has 1 atom stereocenters. The molecule has 0 spiro atoms. The van der Waals surface area contributed by atoms with Crippen molar-refractivity contribution < 1.29 is 32.5 Å². The van der Waals surface area contributed by atoms with Crippen LogP contribution in [0.2, 0.25) is 0 Å². The summed E-state index contributed by atoms with van der Waals surface area (Å²) in [6.07, 6.45) is 3.15. The molecule has 2 aromatic carbocycles. The molecule has 2 aromatic rings. The van der Waals surface area contributed by atoms with Gasteiger partial charge >= 0.3 is 12.1 Å². The predicted molar refractivity (Wildman–Crippen MR) is 134 cm³/mol. The summed E-state index contributed by atoms with van der Waals surface area (Å²) in [4.78, 5) is 36.9. The maximum atomic E-state index is 14.8. The Morgan fingerprint density at radius 3 is 2.58 bits per heavy atom. The van der Waals surface area contributed by atoms with Crippen LogP contribution >= 0.6 is 0 Å². The monoisotopic (exact) mass is 514 g/mol. The third-order valence-corrected chi connectivity index (χ3v) is 7.45. The summed E-state index contributed by atoms with van der Waals surface area (Å²) in [6.45, 7) is 1.61. The van der Waals surface area contributed by atoms with Gasteiger partial charge in [0.15, 0.2) is 0 Å². The lowest BCUT2D eigenvalue weighted by Gasteiger charge is -2.23. The average molecular weight is 515 g/mol. The van der Waals surface area contributed by atoms with E-state index < -0.39 is 29.0 Å². The molecule has 2 heterocycles. The van der Waals surface area contributed by atoms with Crippen molar-refractivity contribution in [2.45, 2.75) is 31.8 Å². The van der Waals surface area contributed by atoms with Crippen molar-refractivity contribution in [3.8, 4) is 5.75 Å². The standard InChI is InChI=1S/C26H27FN2O6S/c1-17(30)34-21-6-2-18(3-7-21)4-9-25(31)28-15-22-16-29(26(32)35-22)20-5-8-23(24(27)14-20)19-10-12-36(33)13-11-19/h2-9,14,19,22H,10-13,15-16H2,1H3,(H,28,31)/b9-4+/t19?,22-,36?/m0/s1.